The first-order valence-electron chi connectivity index (χ1n) is 6.24. The smallest absolute Gasteiger partial charge is 0.225 e. The molecule has 5 heteroatoms. The number of hydrogen-bond donors (Lipinski definition) is 1. The Morgan fingerprint density at radius 1 is 1.29 bits per heavy atom. The number of rotatable bonds is 5. The van der Waals surface area contributed by atoms with E-state index in [-0.39, 0.29) is 18.1 Å². The van der Waals surface area contributed by atoms with Crippen molar-refractivity contribution in [3.8, 4) is 0 Å². The molecule has 1 aliphatic heterocycles. The molecule has 2 atom stereocenters. The first-order chi connectivity index (χ1) is 8.02. The number of amides is 1. The van der Waals surface area contributed by atoms with E-state index in [4.69, 9.17) is 4.74 Å². The van der Waals surface area contributed by atoms with Crippen molar-refractivity contribution < 1.29 is 14.6 Å². The lowest BCUT2D eigenvalue weighted by Gasteiger charge is -2.35. The minimum absolute atomic E-state index is 0.0157. The first kappa shape index (κ1) is 14.4. The summed E-state index contributed by atoms with van der Waals surface area (Å²) in [4.78, 5) is 15.9. The van der Waals surface area contributed by atoms with Gasteiger partial charge >= 0.3 is 0 Å². The van der Waals surface area contributed by atoms with E-state index in [1.165, 1.54) is 0 Å². The van der Waals surface area contributed by atoms with Gasteiger partial charge < -0.3 is 14.7 Å². The number of nitrogens with zero attached hydrogens (tertiary/aromatic N) is 2. The van der Waals surface area contributed by atoms with Crippen molar-refractivity contribution in [2.24, 2.45) is 0 Å². The van der Waals surface area contributed by atoms with Gasteiger partial charge in [-0.1, -0.05) is 0 Å². The van der Waals surface area contributed by atoms with Crippen LogP contribution in [0, 0.1) is 0 Å². The molecule has 1 heterocycles. The maximum atomic E-state index is 11.9. The Kier molecular flexibility index (Phi) is 5.88. The second-order valence-electron chi connectivity index (χ2n) is 4.78. The first-order valence-corrected chi connectivity index (χ1v) is 6.24. The number of carbonyl (C=O) groups excluding carboxylic acids is 1. The highest BCUT2D eigenvalue weighted by atomic mass is 16.5. The van der Waals surface area contributed by atoms with E-state index in [1.54, 1.807) is 14.0 Å². The molecule has 1 amide bonds. The molecule has 0 spiro atoms. The summed E-state index contributed by atoms with van der Waals surface area (Å²) in [5.41, 5.74) is 0. The Balaban J connectivity index is 2.28. The van der Waals surface area contributed by atoms with Crippen molar-refractivity contribution in [1.29, 1.82) is 0 Å². The fraction of sp³-hybridized carbons (Fsp3) is 0.917. The second-order valence-corrected chi connectivity index (χ2v) is 4.78. The zero-order valence-electron chi connectivity index (χ0n) is 11.1. The van der Waals surface area contributed by atoms with E-state index in [0.29, 0.717) is 13.0 Å². The maximum Gasteiger partial charge on any atom is 0.225 e. The van der Waals surface area contributed by atoms with Crippen molar-refractivity contribution in [1.82, 2.24) is 9.80 Å². The summed E-state index contributed by atoms with van der Waals surface area (Å²) in [5.74, 6) is 0.163. The molecule has 1 fully saturated rings. The Labute approximate surface area is 103 Å². The summed E-state index contributed by atoms with van der Waals surface area (Å²) < 4.78 is 5.09. The van der Waals surface area contributed by atoms with E-state index in [9.17, 15) is 9.90 Å². The minimum Gasteiger partial charge on any atom is -0.392 e. The van der Waals surface area contributed by atoms with Crippen LogP contribution in [0.2, 0.25) is 0 Å². The highest BCUT2D eigenvalue weighted by molar-refractivity contribution is 5.76. The van der Waals surface area contributed by atoms with Crippen LogP contribution in [0.25, 0.3) is 0 Å². The van der Waals surface area contributed by atoms with Crippen molar-refractivity contribution in [2.45, 2.75) is 32.5 Å². The van der Waals surface area contributed by atoms with Gasteiger partial charge in [0.15, 0.2) is 0 Å². The molecule has 0 unspecified atom stereocenters. The van der Waals surface area contributed by atoms with Crippen LogP contribution in [-0.4, -0.2) is 72.9 Å². The highest BCUT2D eigenvalue weighted by Crippen LogP contribution is 2.07. The SMILES string of the molecule is CO[C@@H](C)CC(=O)N1CCN(C[C@H](C)O)CC1. The lowest BCUT2D eigenvalue weighted by atomic mass is 10.2. The minimum atomic E-state index is -0.300. The van der Waals surface area contributed by atoms with Crippen molar-refractivity contribution >= 4 is 5.91 Å². The Morgan fingerprint density at radius 3 is 2.35 bits per heavy atom. The van der Waals surface area contributed by atoms with Gasteiger partial charge in [0.2, 0.25) is 5.91 Å². The maximum absolute atomic E-state index is 11.9. The summed E-state index contributed by atoms with van der Waals surface area (Å²) in [6.07, 6.45) is 0.135. The fourth-order valence-corrected chi connectivity index (χ4v) is 2.01. The van der Waals surface area contributed by atoms with Crippen LogP contribution < -0.4 is 0 Å². The van der Waals surface area contributed by atoms with Crippen molar-refractivity contribution in [3.63, 3.8) is 0 Å². The molecule has 100 valence electrons. The second kappa shape index (κ2) is 6.93. The summed E-state index contributed by atoms with van der Waals surface area (Å²) in [5, 5.41) is 9.29. The number of β-amino-alcohol motifs (C(OH)–C–C–N with tert-alkyl or cyclic N) is 1. The Hall–Kier alpha value is -0.650. The normalized spacial score (nSPS) is 21.3. The molecule has 0 saturated carbocycles. The lowest BCUT2D eigenvalue weighted by molar-refractivity contribution is -0.135. The molecule has 1 rings (SSSR count). The quantitative estimate of drug-likeness (QED) is 0.736. The van der Waals surface area contributed by atoms with Gasteiger partial charge in [0.05, 0.1) is 18.6 Å². The Morgan fingerprint density at radius 2 is 1.88 bits per heavy atom. The largest absolute Gasteiger partial charge is 0.392 e. The summed E-state index contributed by atoms with van der Waals surface area (Å²) >= 11 is 0. The molecule has 1 N–H and O–H groups in total. The number of ether oxygens (including phenoxy) is 1. The molecule has 17 heavy (non-hydrogen) atoms. The molecule has 0 aromatic carbocycles. The zero-order valence-corrected chi connectivity index (χ0v) is 11.1. The number of aliphatic hydroxyl groups excluding tert-OH is 1. The Bertz CT molecular complexity index is 238. The standard InChI is InChI=1S/C12H24N2O3/c1-10(15)9-13-4-6-14(7-5-13)12(16)8-11(2)17-3/h10-11,15H,4-9H2,1-3H3/t10-,11-/m0/s1. The van der Waals surface area contributed by atoms with Crippen molar-refractivity contribution in [3.05, 3.63) is 0 Å². The zero-order chi connectivity index (χ0) is 12.8. The van der Waals surface area contributed by atoms with E-state index < -0.39 is 0 Å². The van der Waals surface area contributed by atoms with E-state index in [0.717, 1.165) is 26.2 Å². The average molecular weight is 244 g/mol. The molecular formula is C12H24N2O3. The van der Waals surface area contributed by atoms with Gasteiger partial charge in [-0.15, -0.1) is 0 Å². The van der Waals surface area contributed by atoms with Gasteiger partial charge in [0.25, 0.3) is 0 Å². The molecule has 0 radical (unpaired) electrons. The number of hydrogen-bond acceptors (Lipinski definition) is 4. The summed E-state index contributed by atoms with van der Waals surface area (Å²) in [6, 6.07) is 0. The molecule has 1 saturated heterocycles. The molecule has 0 aromatic heterocycles. The van der Waals surface area contributed by atoms with Crippen LogP contribution in [0.4, 0.5) is 0 Å². The third-order valence-corrected chi connectivity index (χ3v) is 3.11. The van der Waals surface area contributed by atoms with Gasteiger partial charge in [-0.3, -0.25) is 9.69 Å². The molecule has 0 bridgehead atoms. The fourth-order valence-electron chi connectivity index (χ4n) is 2.01. The van der Waals surface area contributed by atoms with Crippen molar-refractivity contribution in [2.75, 3.05) is 39.8 Å². The molecule has 0 aliphatic carbocycles. The molecular weight excluding hydrogens is 220 g/mol. The molecule has 1 aliphatic rings. The van der Waals surface area contributed by atoms with Crippen LogP contribution in [-0.2, 0) is 9.53 Å². The van der Waals surface area contributed by atoms with Crippen LogP contribution in [0.1, 0.15) is 20.3 Å². The van der Waals surface area contributed by atoms with Crippen LogP contribution >= 0.6 is 0 Å². The van der Waals surface area contributed by atoms with Gasteiger partial charge in [-0.25, -0.2) is 0 Å². The highest BCUT2D eigenvalue weighted by Gasteiger charge is 2.22. The van der Waals surface area contributed by atoms with Crippen LogP contribution in [0.3, 0.4) is 0 Å². The number of aliphatic hydroxyl groups is 1. The van der Waals surface area contributed by atoms with Crippen LogP contribution in [0.15, 0.2) is 0 Å². The predicted molar refractivity (Wildman–Crippen MR) is 65.8 cm³/mol. The number of carbonyl (C=O) groups is 1. The predicted octanol–water partition coefficient (Wildman–Crippen LogP) is -0.0636. The average Bonchev–Trinajstić information content (AvgIpc) is 2.28. The summed E-state index contributed by atoms with van der Waals surface area (Å²) in [6.45, 7) is 7.58. The monoisotopic (exact) mass is 244 g/mol. The van der Waals surface area contributed by atoms with Gasteiger partial charge in [-0.2, -0.15) is 0 Å². The lowest BCUT2D eigenvalue weighted by Crippen LogP contribution is -2.50. The third-order valence-electron chi connectivity index (χ3n) is 3.11. The number of methoxy groups -OCH3 is 1. The van der Waals surface area contributed by atoms with Gasteiger partial charge in [-0.05, 0) is 13.8 Å². The number of piperazine rings is 1. The third kappa shape index (κ3) is 5.02. The van der Waals surface area contributed by atoms with E-state index in [2.05, 4.69) is 4.90 Å². The van der Waals surface area contributed by atoms with E-state index >= 15 is 0 Å². The van der Waals surface area contributed by atoms with Gasteiger partial charge in [0.1, 0.15) is 0 Å². The van der Waals surface area contributed by atoms with E-state index in [1.807, 2.05) is 11.8 Å². The summed E-state index contributed by atoms with van der Waals surface area (Å²) in [7, 11) is 1.62. The molecule has 0 aromatic rings. The van der Waals surface area contributed by atoms with Gasteiger partial charge in [0, 0.05) is 39.8 Å². The molecule has 5 nitrogen and oxygen atoms in total. The van der Waals surface area contributed by atoms with Crippen LogP contribution in [0.5, 0.6) is 0 Å². The topological polar surface area (TPSA) is 53.0 Å².